The van der Waals surface area contributed by atoms with E-state index in [0.29, 0.717) is 0 Å². The summed E-state index contributed by atoms with van der Waals surface area (Å²) in [7, 11) is 0. The van der Waals surface area contributed by atoms with Crippen molar-refractivity contribution in [3.8, 4) is 0 Å². The molecule has 4 heteroatoms. The highest BCUT2D eigenvalue weighted by Crippen LogP contribution is 1.93. The van der Waals surface area contributed by atoms with Crippen molar-refractivity contribution in [1.82, 2.24) is 0 Å². The van der Waals surface area contributed by atoms with Crippen molar-refractivity contribution in [1.29, 1.82) is 0 Å². The van der Waals surface area contributed by atoms with E-state index in [9.17, 15) is 4.79 Å². The van der Waals surface area contributed by atoms with Gasteiger partial charge in [-0.05, 0) is 6.92 Å². The zero-order valence-corrected chi connectivity index (χ0v) is 6.45. The molecular formula is C7H12O4. The predicted molar refractivity (Wildman–Crippen MR) is 38.8 cm³/mol. The van der Waals surface area contributed by atoms with Crippen LogP contribution in [-0.4, -0.2) is 30.6 Å². The lowest BCUT2D eigenvalue weighted by Crippen LogP contribution is -2.18. The van der Waals surface area contributed by atoms with Gasteiger partial charge in [0.25, 0.3) is 0 Å². The summed E-state index contributed by atoms with van der Waals surface area (Å²) < 4.78 is 9.43. The Morgan fingerprint density at radius 3 is 2.91 bits per heavy atom. The van der Waals surface area contributed by atoms with Crippen molar-refractivity contribution in [2.75, 3.05) is 13.2 Å². The van der Waals surface area contributed by atoms with Crippen molar-refractivity contribution in [2.24, 2.45) is 0 Å². The largest absolute Gasteiger partial charge is 0.433 e. The Bertz CT molecular complexity index is 132. The third kappa shape index (κ3) is 5.57. The van der Waals surface area contributed by atoms with E-state index in [0.717, 1.165) is 6.08 Å². The number of carbonyl (C=O) groups is 1. The van der Waals surface area contributed by atoms with Gasteiger partial charge in [-0.3, -0.25) is 0 Å². The molecule has 0 bridgehead atoms. The number of carbonyl (C=O) groups excluding carboxylic acids is 1. The highest BCUT2D eigenvalue weighted by atomic mass is 16.7. The number of rotatable bonds is 5. The molecule has 0 aromatic rings. The van der Waals surface area contributed by atoms with E-state index in [-0.39, 0.29) is 13.2 Å². The molecule has 0 fully saturated rings. The second kappa shape index (κ2) is 5.88. The van der Waals surface area contributed by atoms with Crippen LogP contribution in [0.15, 0.2) is 12.7 Å². The molecule has 1 unspecified atom stereocenters. The summed E-state index contributed by atoms with van der Waals surface area (Å²) in [6.45, 7) is 4.85. The highest BCUT2D eigenvalue weighted by Gasteiger charge is 2.04. The van der Waals surface area contributed by atoms with Crippen LogP contribution in [0.2, 0.25) is 0 Å². The van der Waals surface area contributed by atoms with E-state index in [1.807, 2.05) is 0 Å². The molecule has 0 spiro atoms. The Morgan fingerprint density at radius 1 is 1.82 bits per heavy atom. The van der Waals surface area contributed by atoms with E-state index < -0.39 is 12.3 Å². The second-order valence-electron chi connectivity index (χ2n) is 1.80. The molecule has 11 heavy (non-hydrogen) atoms. The van der Waals surface area contributed by atoms with E-state index in [1.54, 1.807) is 6.92 Å². The number of hydrogen-bond donors (Lipinski definition) is 1. The van der Waals surface area contributed by atoms with Crippen LogP contribution in [0, 0.1) is 0 Å². The summed E-state index contributed by atoms with van der Waals surface area (Å²) in [6, 6.07) is 0. The summed E-state index contributed by atoms with van der Waals surface area (Å²) in [5, 5.41) is 8.32. The molecule has 0 aliphatic rings. The van der Waals surface area contributed by atoms with Crippen LogP contribution in [0.5, 0.6) is 0 Å². The molecule has 0 aromatic heterocycles. The van der Waals surface area contributed by atoms with Crippen LogP contribution in [0.25, 0.3) is 0 Å². The number of aliphatic hydroxyl groups is 1. The van der Waals surface area contributed by atoms with Crippen molar-refractivity contribution < 1.29 is 19.4 Å². The molecule has 0 rings (SSSR count). The third-order valence-electron chi connectivity index (χ3n) is 0.893. The molecule has 1 atom stereocenters. The molecule has 4 nitrogen and oxygen atoms in total. The zero-order chi connectivity index (χ0) is 8.69. The van der Waals surface area contributed by atoms with Crippen LogP contribution in [0.3, 0.4) is 0 Å². The quantitative estimate of drug-likeness (QED) is 0.351. The average molecular weight is 160 g/mol. The van der Waals surface area contributed by atoms with Gasteiger partial charge < -0.3 is 14.6 Å². The van der Waals surface area contributed by atoms with Gasteiger partial charge in [-0.15, -0.1) is 0 Å². The van der Waals surface area contributed by atoms with Crippen LogP contribution in [0.1, 0.15) is 6.92 Å². The van der Waals surface area contributed by atoms with Gasteiger partial charge in [-0.1, -0.05) is 6.58 Å². The van der Waals surface area contributed by atoms with Crippen molar-refractivity contribution in [2.45, 2.75) is 13.2 Å². The first-order valence-electron chi connectivity index (χ1n) is 3.26. The Labute approximate surface area is 65.4 Å². The fourth-order valence-corrected chi connectivity index (χ4v) is 0.464. The molecular weight excluding hydrogens is 148 g/mol. The van der Waals surface area contributed by atoms with Gasteiger partial charge in [0.05, 0.1) is 13.2 Å². The first-order chi connectivity index (χ1) is 5.20. The van der Waals surface area contributed by atoms with Crippen LogP contribution in [0.4, 0.5) is 0 Å². The molecule has 0 aliphatic carbocycles. The van der Waals surface area contributed by atoms with E-state index in [4.69, 9.17) is 9.84 Å². The smallest absolute Gasteiger partial charge is 0.332 e. The second-order valence-corrected chi connectivity index (χ2v) is 1.80. The predicted octanol–water partition coefficient (Wildman–Crippen LogP) is 0.0705. The van der Waals surface area contributed by atoms with E-state index in [1.165, 1.54) is 0 Å². The molecule has 0 saturated heterocycles. The Hall–Kier alpha value is -0.870. The summed E-state index contributed by atoms with van der Waals surface area (Å²) >= 11 is 0. The lowest BCUT2D eigenvalue weighted by atomic mass is 10.6. The SMILES string of the molecule is C=CC(=O)OC(C)OCCO. The lowest BCUT2D eigenvalue weighted by molar-refractivity contribution is -0.170. The maximum Gasteiger partial charge on any atom is 0.332 e. The first-order valence-corrected chi connectivity index (χ1v) is 3.26. The minimum Gasteiger partial charge on any atom is -0.433 e. The molecule has 64 valence electrons. The van der Waals surface area contributed by atoms with Gasteiger partial charge in [-0.25, -0.2) is 4.79 Å². The molecule has 1 N–H and O–H groups in total. The molecule has 0 radical (unpaired) electrons. The first kappa shape index (κ1) is 10.1. The number of esters is 1. The van der Waals surface area contributed by atoms with Crippen molar-refractivity contribution in [3.05, 3.63) is 12.7 Å². The van der Waals surface area contributed by atoms with Crippen LogP contribution in [-0.2, 0) is 14.3 Å². The van der Waals surface area contributed by atoms with Gasteiger partial charge in [0.2, 0.25) is 6.29 Å². The van der Waals surface area contributed by atoms with Gasteiger partial charge in [-0.2, -0.15) is 0 Å². The van der Waals surface area contributed by atoms with E-state index >= 15 is 0 Å². The van der Waals surface area contributed by atoms with E-state index in [2.05, 4.69) is 11.3 Å². The van der Waals surface area contributed by atoms with Gasteiger partial charge >= 0.3 is 5.97 Å². The van der Waals surface area contributed by atoms with Gasteiger partial charge in [0.15, 0.2) is 0 Å². The fraction of sp³-hybridized carbons (Fsp3) is 0.571. The number of hydrogen-bond acceptors (Lipinski definition) is 4. The molecule has 0 saturated carbocycles. The van der Waals surface area contributed by atoms with Crippen molar-refractivity contribution in [3.63, 3.8) is 0 Å². The van der Waals surface area contributed by atoms with Crippen molar-refractivity contribution >= 4 is 5.97 Å². The minimum atomic E-state index is -0.632. The summed E-state index contributed by atoms with van der Waals surface area (Å²) in [5.41, 5.74) is 0. The van der Waals surface area contributed by atoms with Gasteiger partial charge in [0.1, 0.15) is 0 Å². The normalized spacial score (nSPS) is 12.2. The average Bonchev–Trinajstić information content (AvgIpc) is 2.00. The monoisotopic (exact) mass is 160 g/mol. The highest BCUT2D eigenvalue weighted by molar-refractivity contribution is 5.81. The summed E-state index contributed by atoms with van der Waals surface area (Å²) in [4.78, 5) is 10.5. The maximum atomic E-state index is 10.5. The number of ether oxygens (including phenoxy) is 2. The number of aliphatic hydroxyl groups excluding tert-OH is 1. The molecule has 0 heterocycles. The van der Waals surface area contributed by atoms with Crippen LogP contribution >= 0.6 is 0 Å². The molecule has 0 amide bonds. The lowest BCUT2D eigenvalue weighted by Gasteiger charge is -2.11. The maximum absolute atomic E-state index is 10.5. The minimum absolute atomic E-state index is 0.0873. The summed E-state index contributed by atoms with van der Waals surface area (Å²) in [6.07, 6.45) is 0.423. The Balaban J connectivity index is 3.43. The standard InChI is InChI=1S/C7H12O4/c1-3-7(9)11-6(2)10-5-4-8/h3,6,8H,1,4-5H2,2H3. The van der Waals surface area contributed by atoms with Gasteiger partial charge in [0, 0.05) is 6.08 Å². The molecule has 0 aliphatic heterocycles. The fourth-order valence-electron chi connectivity index (χ4n) is 0.464. The zero-order valence-electron chi connectivity index (χ0n) is 6.45. The van der Waals surface area contributed by atoms with Crippen LogP contribution < -0.4 is 0 Å². The molecule has 0 aromatic carbocycles. The topological polar surface area (TPSA) is 55.8 Å². The third-order valence-corrected chi connectivity index (χ3v) is 0.893. The Morgan fingerprint density at radius 2 is 2.45 bits per heavy atom. The Kier molecular flexibility index (Phi) is 5.42. The summed E-state index contributed by atoms with van der Waals surface area (Å²) in [5.74, 6) is -0.532.